The van der Waals surface area contributed by atoms with E-state index >= 15 is 0 Å². The monoisotopic (exact) mass is 215 g/mol. The molecule has 1 saturated heterocycles. The van der Waals surface area contributed by atoms with Crippen molar-refractivity contribution in [2.45, 2.75) is 0 Å². The van der Waals surface area contributed by atoms with Gasteiger partial charge in [0.1, 0.15) is 6.61 Å². The summed E-state index contributed by atoms with van der Waals surface area (Å²) in [5.74, 6) is -0.182. The molecule has 0 aromatic heterocycles. The normalized spacial score (nSPS) is 17.1. The van der Waals surface area contributed by atoms with Crippen LogP contribution in [0, 0.1) is 0 Å². The fraction of sp³-hybridized carbons (Fsp3) is 0.778. The Morgan fingerprint density at radius 1 is 1.53 bits per heavy atom. The summed E-state index contributed by atoms with van der Waals surface area (Å²) < 4.78 is 5.02. The number of carbonyl (C=O) groups excluding carboxylic acids is 2. The van der Waals surface area contributed by atoms with Gasteiger partial charge in [-0.2, -0.15) is 0 Å². The quantitative estimate of drug-likeness (QED) is 0.565. The smallest absolute Gasteiger partial charge is 0.249 e. The number of nitrogens with zero attached hydrogens (tertiary/aromatic N) is 2. The SMILES string of the molecule is CN1CCN(C(=O)COCCN)CC1=O. The minimum absolute atomic E-state index is 0.00813. The van der Waals surface area contributed by atoms with Gasteiger partial charge in [0.05, 0.1) is 13.2 Å². The molecule has 0 unspecified atom stereocenters. The lowest BCUT2D eigenvalue weighted by Crippen LogP contribution is -2.51. The van der Waals surface area contributed by atoms with Crippen molar-refractivity contribution in [3.8, 4) is 0 Å². The van der Waals surface area contributed by atoms with Crippen LogP contribution >= 0.6 is 0 Å². The van der Waals surface area contributed by atoms with E-state index in [1.165, 1.54) is 4.90 Å². The maximum absolute atomic E-state index is 11.5. The average Bonchev–Trinajstić information content (AvgIpc) is 2.22. The van der Waals surface area contributed by atoms with Crippen LogP contribution in [0.2, 0.25) is 0 Å². The van der Waals surface area contributed by atoms with Crippen molar-refractivity contribution in [1.82, 2.24) is 9.80 Å². The van der Waals surface area contributed by atoms with E-state index in [4.69, 9.17) is 10.5 Å². The Kier molecular flexibility index (Phi) is 4.51. The lowest BCUT2D eigenvalue weighted by atomic mass is 10.3. The lowest BCUT2D eigenvalue weighted by molar-refractivity contribution is -0.146. The zero-order chi connectivity index (χ0) is 11.3. The van der Waals surface area contributed by atoms with E-state index in [9.17, 15) is 9.59 Å². The first kappa shape index (κ1) is 11.9. The Bertz CT molecular complexity index is 245. The van der Waals surface area contributed by atoms with Gasteiger partial charge in [0, 0.05) is 26.7 Å². The molecule has 1 aliphatic heterocycles. The molecule has 0 aliphatic carbocycles. The molecule has 15 heavy (non-hydrogen) atoms. The molecular formula is C9H17N3O3. The van der Waals surface area contributed by atoms with E-state index in [1.54, 1.807) is 11.9 Å². The Morgan fingerprint density at radius 2 is 2.27 bits per heavy atom. The van der Waals surface area contributed by atoms with Gasteiger partial charge < -0.3 is 20.3 Å². The van der Waals surface area contributed by atoms with E-state index in [0.29, 0.717) is 26.2 Å². The van der Waals surface area contributed by atoms with Gasteiger partial charge in [-0.05, 0) is 0 Å². The molecule has 2 N–H and O–H groups in total. The summed E-state index contributed by atoms with van der Waals surface area (Å²) in [6.07, 6.45) is 0. The zero-order valence-electron chi connectivity index (χ0n) is 8.94. The van der Waals surface area contributed by atoms with Crippen LogP contribution in [0.1, 0.15) is 0 Å². The summed E-state index contributed by atoms with van der Waals surface area (Å²) in [4.78, 5) is 26.0. The van der Waals surface area contributed by atoms with Gasteiger partial charge in [-0.3, -0.25) is 9.59 Å². The second-order valence-electron chi connectivity index (χ2n) is 3.47. The maximum Gasteiger partial charge on any atom is 0.249 e. The van der Waals surface area contributed by atoms with E-state index in [0.717, 1.165) is 0 Å². The lowest BCUT2D eigenvalue weighted by Gasteiger charge is -2.31. The Balaban J connectivity index is 2.31. The highest BCUT2D eigenvalue weighted by Crippen LogP contribution is 2.01. The number of likely N-dealkylation sites (N-methyl/N-ethyl adjacent to an activating group) is 1. The standard InChI is InChI=1S/C9H17N3O3/c1-11-3-4-12(6-8(11)13)9(14)7-15-5-2-10/h2-7,10H2,1H3. The summed E-state index contributed by atoms with van der Waals surface area (Å²) in [6, 6.07) is 0. The summed E-state index contributed by atoms with van der Waals surface area (Å²) in [7, 11) is 1.73. The topological polar surface area (TPSA) is 75.9 Å². The predicted octanol–water partition coefficient (Wildman–Crippen LogP) is -1.74. The molecule has 0 bridgehead atoms. The van der Waals surface area contributed by atoms with E-state index in [2.05, 4.69) is 0 Å². The molecule has 86 valence electrons. The van der Waals surface area contributed by atoms with Crippen LogP contribution in [-0.4, -0.2) is 68.1 Å². The first-order valence-electron chi connectivity index (χ1n) is 4.94. The van der Waals surface area contributed by atoms with Gasteiger partial charge in [0.2, 0.25) is 11.8 Å². The molecule has 6 heteroatoms. The Labute approximate surface area is 88.9 Å². The highest BCUT2D eigenvalue weighted by Gasteiger charge is 2.24. The molecule has 1 heterocycles. The third-order valence-corrected chi connectivity index (χ3v) is 2.30. The molecule has 0 spiro atoms. The van der Waals surface area contributed by atoms with Crippen molar-refractivity contribution in [3.05, 3.63) is 0 Å². The van der Waals surface area contributed by atoms with Crippen molar-refractivity contribution in [1.29, 1.82) is 0 Å². The van der Waals surface area contributed by atoms with Crippen molar-refractivity contribution >= 4 is 11.8 Å². The fourth-order valence-electron chi connectivity index (χ4n) is 1.31. The largest absolute Gasteiger partial charge is 0.370 e. The third kappa shape index (κ3) is 3.49. The number of nitrogens with two attached hydrogens (primary N) is 1. The van der Waals surface area contributed by atoms with Crippen molar-refractivity contribution < 1.29 is 14.3 Å². The van der Waals surface area contributed by atoms with Gasteiger partial charge in [-0.25, -0.2) is 0 Å². The second-order valence-corrected chi connectivity index (χ2v) is 3.47. The highest BCUT2D eigenvalue weighted by molar-refractivity contribution is 5.86. The molecule has 1 rings (SSSR count). The number of hydrogen-bond donors (Lipinski definition) is 1. The van der Waals surface area contributed by atoms with Gasteiger partial charge in [-0.15, -0.1) is 0 Å². The van der Waals surface area contributed by atoms with Crippen LogP contribution in [0.3, 0.4) is 0 Å². The zero-order valence-corrected chi connectivity index (χ0v) is 8.94. The van der Waals surface area contributed by atoms with Crippen LogP contribution in [0.4, 0.5) is 0 Å². The number of rotatable bonds is 4. The van der Waals surface area contributed by atoms with Gasteiger partial charge >= 0.3 is 0 Å². The molecular weight excluding hydrogens is 198 g/mol. The summed E-state index contributed by atoms with van der Waals surface area (Å²) >= 11 is 0. The van der Waals surface area contributed by atoms with E-state index in [1.807, 2.05) is 0 Å². The number of piperazine rings is 1. The van der Waals surface area contributed by atoms with Gasteiger partial charge in [0.25, 0.3) is 0 Å². The maximum atomic E-state index is 11.5. The number of hydrogen-bond acceptors (Lipinski definition) is 4. The first-order chi connectivity index (χ1) is 7.15. The molecule has 0 aromatic carbocycles. The molecule has 6 nitrogen and oxygen atoms in total. The number of amides is 2. The molecule has 0 radical (unpaired) electrons. The fourth-order valence-corrected chi connectivity index (χ4v) is 1.31. The van der Waals surface area contributed by atoms with Gasteiger partial charge in [0.15, 0.2) is 0 Å². The van der Waals surface area contributed by atoms with Crippen molar-refractivity contribution in [3.63, 3.8) is 0 Å². The van der Waals surface area contributed by atoms with Crippen LogP contribution in [-0.2, 0) is 14.3 Å². The van der Waals surface area contributed by atoms with Crippen LogP contribution in [0.25, 0.3) is 0 Å². The number of ether oxygens (including phenoxy) is 1. The minimum atomic E-state index is -0.148. The predicted molar refractivity (Wildman–Crippen MR) is 54.1 cm³/mol. The Hall–Kier alpha value is -1.14. The molecule has 0 aromatic rings. The molecule has 0 atom stereocenters. The molecule has 0 saturated carbocycles. The van der Waals surface area contributed by atoms with Crippen molar-refractivity contribution in [2.24, 2.45) is 5.73 Å². The second kappa shape index (κ2) is 5.67. The van der Waals surface area contributed by atoms with Crippen molar-refractivity contribution in [2.75, 3.05) is 46.4 Å². The third-order valence-electron chi connectivity index (χ3n) is 2.30. The highest BCUT2D eigenvalue weighted by atomic mass is 16.5. The van der Waals surface area contributed by atoms with E-state index < -0.39 is 0 Å². The molecule has 2 amide bonds. The van der Waals surface area contributed by atoms with Gasteiger partial charge in [-0.1, -0.05) is 0 Å². The van der Waals surface area contributed by atoms with Crippen LogP contribution in [0.5, 0.6) is 0 Å². The van der Waals surface area contributed by atoms with Crippen LogP contribution in [0.15, 0.2) is 0 Å². The summed E-state index contributed by atoms with van der Waals surface area (Å²) in [5, 5.41) is 0. The minimum Gasteiger partial charge on any atom is -0.370 e. The summed E-state index contributed by atoms with van der Waals surface area (Å²) in [6.45, 7) is 2.09. The molecule has 1 fully saturated rings. The summed E-state index contributed by atoms with van der Waals surface area (Å²) in [5.41, 5.74) is 5.22. The Morgan fingerprint density at radius 3 is 2.87 bits per heavy atom. The van der Waals surface area contributed by atoms with E-state index in [-0.39, 0.29) is 25.0 Å². The average molecular weight is 215 g/mol. The molecule has 1 aliphatic rings. The van der Waals surface area contributed by atoms with Crippen LogP contribution < -0.4 is 5.73 Å². The first-order valence-corrected chi connectivity index (χ1v) is 4.94. The number of carbonyl (C=O) groups is 2.